The van der Waals surface area contributed by atoms with Crippen molar-refractivity contribution in [1.29, 1.82) is 0 Å². The molecule has 1 fully saturated rings. The second kappa shape index (κ2) is 9.49. The Kier molecular flexibility index (Phi) is 6.44. The largest absolute Gasteiger partial charge is 0.349 e. The summed E-state index contributed by atoms with van der Waals surface area (Å²) in [6.07, 6.45) is 4.98. The number of pyridine rings is 1. The molecular weight excluding hydrogens is 480 g/mol. The SMILES string of the molecule is Cn1c(=O)[nH]c2c(CC(C)(C)C)cc(C3CCC(C)(C)C(NC(=O)c4ccccc4-n4cnnn4)C3)nc21. The molecule has 0 radical (unpaired) electrons. The van der Waals surface area contributed by atoms with E-state index in [4.69, 9.17) is 4.98 Å². The van der Waals surface area contributed by atoms with Crippen LogP contribution in [0.3, 0.4) is 0 Å². The van der Waals surface area contributed by atoms with Gasteiger partial charge >= 0.3 is 5.69 Å². The van der Waals surface area contributed by atoms with E-state index in [2.05, 4.69) is 66.5 Å². The van der Waals surface area contributed by atoms with Crippen molar-refractivity contribution < 1.29 is 4.79 Å². The lowest BCUT2D eigenvalue weighted by Crippen LogP contribution is -2.48. The van der Waals surface area contributed by atoms with Gasteiger partial charge < -0.3 is 10.3 Å². The van der Waals surface area contributed by atoms with Crippen LogP contribution in [-0.4, -0.2) is 46.7 Å². The third kappa shape index (κ3) is 4.99. The van der Waals surface area contributed by atoms with Gasteiger partial charge in [-0.2, -0.15) is 4.68 Å². The quantitative estimate of drug-likeness (QED) is 0.414. The van der Waals surface area contributed by atoms with Gasteiger partial charge in [-0.1, -0.05) is 46.8 Å². The van der Waals surface area contributed by atoms with E-state index in [-0.39, 0.29) is 34.4 Å². The van der Waals surface area contributed by atoms with Crippen molar-refractivity contribution in [2.75, 3.05) is 0 Å². The monoisotopic (exact) mass is 516 g/mol. The van der Waals surface area contributed by atoms with Crippen LogP contribution in [0.5, 0.6) is 0 Å². The van der Waals surface area contributed by atoms with Gasteiger partial charge in [0.1, 0.15) is 6.33 Å². The zero-order valence-corrected chi connectivity index (χ0v) is 22.9. The topological polar surface area (TPSA) is 123 Å². The molecule has 1 amide bonds. The molecule has 3 heterocycles. The minimum Gasteiger partial charge on any atom is -0.349 e. The first-order valence-electron chi connectivity index (χ1n) is 13.1. The number of amides is 1. The second-order valence-corrected chi connectivity index (χ2v) is 12.4. The molecule has 1 aromatic carbocycles. The lowest BCUT2D eigenvalue weighted by molar-refractivity contribution is 0.0836. The summed E-state index contributed by atoms with van der Waals surface area (Å²) in [5.74, 6) is 0.0101. The molecule has 0 saturated heterocycles. The van der Waals surface area contributed by atoms with Crippen molar-refractivity contribution in [2.45, 2.75) is 72.3 Å². The van der Waals surface area contributed by atoms with Crippen molar-refractivity contribution in [2.24, 2.45) is 17.9 Å². The van der Waals surface area contributed by atoms with Gasteiger partial charge in [-0.05, 0) is 70.7 Å². The Morgan fingerprint density at radius 3 is 2.71 bits per heavy atom. The first-order chi connectivity index (χ1) is 17.9. The fraction of sp³-hybridized carbons (Fsp3) is 0.500. The Balaban J connectivity index is 1.46. The Labute approximate surface area is 221 Å². The highest BCUT2D eigenvalue weighted by Crippen LogP contribution is 2.43. The fourth-order valence-electron chi connectivity index (χ4n) is 5.53. The lowest BCUT2D eigenvalue weighted by atomic mass is 9.68. The van der Waals surface area contributed by atoms with E-state index in [1.807, 2.05) is 18.2 Å². The normalized spacial score (nSPS) is 19.5. The maximum atomic E-state index is 13.5. The number of tetrazole rings is 1. The summed E-state index contributed by atoms with van der Waals surface area (Å²) < 4.78 is 3.09. The number of para-hydroxylation sites is 1. The summed E-state index contributed by atoms with van der Waals surface area (Å²) in [4.78, 5) is 34.0. The molecule has 5 rings (SSSR count). The summed E-state index contributed by atoms with van der Waals surface area (Å²) in [5.41, 5.74) is 4.55. The summed E-state index contributed by atoms with van der Waals surface area (Å²) in [5, 5.41) is 14.7. The minimum absolute atomic E-state index is 0.0519. The predicted molar refractivity (Wildman–Crippen MR) is 145 cm³/mol. The number of carbonyl (C=O) groups is 1. The number of imidazole rings is 1. The van der Waals surface area contributed by atoms with E-state index in [9.17, 15) is 9.59 Å². The van der Waals surface area contributed by atoms with Crippen LogP contribution in [0.1, 0.15) is 81.4 Å². The number of fused-ring (bicyclic) bond motifs is 1. The zero-order valence-electron chi connectivity index (χ0n) is 22.9. The average Bonchev–Trinajstić information content (AvgIpc) is 3.48. The lowest BCUT2D eigenvalue weighted by Gasteiger charge is -2.42. The molecule has 0 aliphatic heterocycles. The molecule has 4 aromatic rings. The molecule has 38 heavy (non-hydrogen) atoms. The molecule has 1 aliphatic carbocycles. The first kappa shape index (κ1) is 25.8. The van der Waals surface area contributed by atoms with E-state index in [0.29, 0.717) is 16.9 Å². The number of carbonyl (C=O) groups excluding carboxylic acids is 1. The fourth-order valence-corrected chi connectivity index (χ4v) is 5.53. The van der Waals surface area contributed by atoms with Gasteiger partial charge in [0, 0.05) is 24.7 Å². The van der Waals surface area contributed by atoms with E-state index in [1.165, 1.54) is 11.0 Å². The molecule has 200 valence electrons. The smallest absolute Gasteiger partial charge is 0.327 e. The summed E-state index contributed by atoms with van der Waals surface area (Å²) in [6.45, 7) is 11.0. The number of aromatic amines is 1. The molecular formula is C28H36N8O2. The first-order valence-corrected chi connectivity index (χ1v) is 13.1. The van der Waals surface area contributed by atoms with Crippen LogP contribution in [0.15, 0.2) is 41.5 Å². The Bertz CT molecular complexity index is 1520. The number of nitrogens with one attached hydrogen (secondary N) is 2. The predicted octanol–water partition coefficient (Wildman–Crippen LogP) is 3.92. The number of aromatic nitrogens is 7. The van der Waals surface area contributed by atoms with Gasteiger partial charge in [0.25, 0.3) is 5.91 Å². The molecule has 2 N–H and O–H groups in total. The molecule has 2 atom stereocenters. The van der Waals surface area contributed by atoms with Gasteiger partial charge in [-0.15, -0.1) is 5.10 Å². The van der Waals surface area contributed by atoms with Crippen molar-refractivity contribution in [3.05, 3.63) is 64.0 Å². The maximum Gasteiger partial charge on any atom is 0.327 e. The van der Waals surface area contributed by atoms with Crippen LogP contribution in [0.2, 0.25) is 0 Å². The number of H-pyrrole nitrogens is 1. The zero-order chi connectivity index (χ0) is 27.2. The van der Waals surface area contributed by atoms with Crippen LogP contribution in [0.25, 0.3) is 16.9 Å². The number of benzene rings is 1. The number of nitrogens with zero attached hydrogens (tertiary/aromatic N) is 6. The van der Waals surface area contributed by atoms with Gasteiger partial charge in [0.15, 0.2) is 5.65 Å². The molecule has 1 saturated carbocycles. The van der Waals surface area contributed by atoms with Crippen LogP contribution in [-0.2, 0) is 13.5 Å². The molecule has 1 aliphatic rings. The van der Waals surface area contributed by atoms with Gasteiger partial charge in [0.05, 0.1) is 16.8 Å². The van der Waals surface area contributed by atoms with Crippen molar-refractivity contribution in [1.82, 2.24) is 40.1 Å². The number of aryl methyl sites for hydroxylation is 1. The number of rotatable bonds is 5. The second-order valence-electron chi connectivity index (χ2n) is 12.4. The van der Waals surface area contributed by atoms with Gasteiger partial charge in [-0.3, -0.25) is 9.36 Å². The third-order valence-electron chi connectivity index (χ3n) is 7.75. The highest BCUT2D eigenvalue weighted by atomic mass is 16.2. The molecule has 2 unspecified atom stereocenters. The summed E-state index contributed by atoms with van der Waals surface area (Å²) in [6, 6.07) is 9.43. The highest BCUT2D eigenvalue weighted by molar-refractivity contribution is 5.98. The van der Waals surface area contributed by atoms with Crippen molar-refractivity contribution in [3.8, 4) is 5.69 Å². The van der Waals surface area contributed by atoms with Crippen LogP contribution in [0.4, 0.5) is 0 Å². The molecule has 3 aromatic heterocycles. The van der Waals surface area contributed by atoms with Crippen LogP contribution < -0.4 is 11.0 Å². The van der Waals surface area contributed by atoms with E-state index in [1.54, 1.807) is 17.7 Å². The van der Waals surface area contributed by atoms with Gasteiger partial charge in [0.2, 0.25) is 0 Å². The third-order valence-corrected chi connectivity index (χ3v) is 7.75. The maximum absolute atomic E-state index is 13.5. The molecule has 0 spiro atoms. The molecule has 10 heteroatoms. The van der Waals surface area contributed by atoms with Crippen LogP contribution in [0, 0.1) is 10.8 Å². The molecule has 0 bridgehead atoms. The summed E-state index contributed by atoms with van der Waals surface area (Å²) >= 11 is 0. The standard InChI is InChI=1S/C28H36N8O2/c1-27(2,3)15-18-13-20(30-24-23(18)32-26(38)35(24)6)17-11-12-28(4,5)22(14-17)31-25(37)19-9-7-8-10-21(19)36-16-29-33-34-36/h7-10,13,16-17,22H,11-12,14-15H2,1-6H3,(H,31,37)(H,32,38). The summed E-state index contributed by atoms with van der Waals surface area (Å²) in [7, 11) is 1.76. The van der Waals surface area contributed by atoms with E-state index < -0.39 is 0 Å². The number of hydrogen-bond donors (Lipinski definition) is 2. The van der Waals surface area contributed by atoms with Crippen LogP contribution >= 0.6 is 0 Å². The van der Waals surface area contributed by atoms with E-state index >= 15 is 0 Å². The van der Waals surface area contributed by atoms with Crippen molar-refractivity contribution in [3.63, 3.8) is 0 Å². The highest BCUT2D eigenvalue weighted by Gasteiger charge is 2.39. The Morgan fingerprint density at radius 1 is 1.24 bits per heavy atom. The Morgan fingerprint density at radius 2 is 2.00 bits per heavy atom. The Hall–Kier alpha value is -3.82. The molecule has 10 nitrogen and oxygen atoms in total. The van der Waals surface area contributed by atoms with Crippen molar-refractivity contribution >= 4 is 17.1 Å². The average molecular weight is 517 g/mol. The van der Waals surface area contributed by atoms with Gasteiger partial charge in [-0.25, -0.2) is 9.78 Å². The number of hydrogen-bond acceptors (Lipinski definition) is 6. The minimum atomic E-state index is -0.157. The van der Waals surface area contributed by atoms with E-state index in [0.717, 1.165) is 42.5 Å².